The van der Waals surface area contributed by atoms with Crippen LogP contribution in [0.2, 0.25) is 0 Å². The first-order chi connectivity index (χ1) is 8.58. The van der Waals surface area contributed by atoms with Crippen LogP contribution in [0.25, 0.3) is 0 Å². The molecule has 1 fully saturated rings. The molecule has 1 aromatic rings. The molecular weight excluding hydrogens is 231 g/mol. The first kappa shape index (κ1) is 12.9. The Kier molecular flexibility index (Phi) is 3.84. The van der Waals surface area contributed by atoms with Crippen LogP contribution in [0.3, 0.4) is 0 Å². The summed E-state index contributed by atoms with van der Waals surface area (Å²) in [4.78, 5) is 15.6. The number of hydrogen-bond acceptors (Lipinski definition) is 1. The zero-order valence-corrected chi connectivity index (χ0v) is 10.9. The number of rotatable bonds is 1. The van der Waals surface area contributed by atoms with E-state index in [1.165, 1.54) is 17.0 Å². The summed E-state index contributed by atoms with van der Waals surface area (Å²) >= 11 is 0. The molecule has 0 N–H and O–H groups in total. The minimum Gasteiger partial charge on any atom is -0.324 e. The van der Waals surface area contributed by atoms with Gasteiger partial charge in [0.2, 0.25) is 0 Å². The van der Waals surface area contributed by atoms with Gasteiger partial charge in [-0.3, -0.25) is 4.90 Å². The molecule has 2 rings (SSSR count). The number of piperidine rings is 1. The third-order valence-electron chi connectivity index (χ3n) is 3.54. The Morgan fingerprint density at radius 1 is 1.39 bits per heavy atom. The van der Waals surface area contributed by atoms with Crippen molar-refractivity contribution in [3.05, 3.63) is 30.1 Å². The quantitative estimate of drug-likeness (QED) is 0.751. The van der Waals surface area contributed by atoms with Gasteiger partial charge in [-0.25, -0.2) is 9.18 Å². The molecule has 0 saturated carbocycles. The van der Waals surface area contributed by atoms with Crippen molar-refractivity contribution in [3.8, 4) is 0 Å². The lowest BCUT2D eigenvalue weighted by Gasteiger charge is -2.33. The summed E-state index contributed by atoms with van der Waals surface area (Å²) in [5.74, 6) is 0.368. The number of halogens is 1. The van der Waals surface area contributed by atoms with Gasteiger partial charge in [0, 0.05) is 25.8 Å². The summed E-state index contributed by atoms with van der Waals surface area (Å²) in [6.45, 7) is 3.79. The van der Waals surface area contributed by atoms with Crippen LogP contribution in [0.1, 0.15) is 19.8 Å². The highest BCUT2D eigenvalue weighted by Crippen LogP contribution is 2.20. The van der Waals surface area contributed by atoms with Crippen molar-refractivity contribution in [2.75, 3.05) is 25.0 Å². The zero-order chi connectivity index (χ0) is 13.1. The molecule has 0 bridgehead atoms. The van der Waals surface area contributed by atoms with Crippen molar-refractivity contribution in [1.29, 1.82) is 0 Å². The number of carbonyl (C=O) groups excluding carboxylic acids is 1. The number of likely N-dealkylation sites (tertiary alicyclic amines) is 1. The second-order valence-corrected chi connectivity index (χ2v) is 4.99. The fourth-order valence-electron chi connectivity index (χ4n) is 2.21. The van der Waals surface area contributed by atoms with Gasteiger partial charge in [0.1, 0.15) is 5.82 Å². The Morgan fingerprint density at radius 3 is 2.67 bits per heavy atom. The highest BCUT2D eigenvalue weighted by molar-refractivity contribution is 5.91. The number of carbonyl (C=O) groups is 1. The van der Waals surface area contributed by atoms with Gasteiger partial charge in [0.15, 0.2) is 0 Å². The molecule has 0 spiro atoms. The second kappa shape index (κ2) is 5.38. The van der Waals surface area contributed by atoms with Crippen LogP contribution < -0.4 is 4.90 Å². The third-order valence-corrected chi connectivity index (χ3v) is 3.54. The Hall–Kier alpha value is -1.58. The molecule has 1 heterocycles. The van der Waals surface area contributed by atoms with Crippen LogP contribution in [0.5, 0.6) is 0 Å². The molecule has 98 valence electrons. The standard InChI is InChI=1S/C14H19FN2O/c1-11-6-8-17(9-7-11)14(18)16(2)13-5-3-4-12(15)10-13/h3-5,10-11H,6-9H2,1-2H3. The molecule has 1 aliphatic heterocycles. The SMILES string of the molecule is CC1CCN(C(=O)N(C)c2cccc(F)c2)CC1. The van der Waals surface area contributed by atoms with Gasteiger partial charge >= 0.3 is 6.03 Å². The summed E-state index contributed by atoms with van der Waals surface area (Å²) in [5.41, 5.74) is 0.596. The number of benzene rings is 1. The molecule has 0 atom stereocenters. The molecule has 18 heavy (non-hydrogen) atoms. The van der Waals surface area contributed by atoms with Crippen molar-refractivity contribution in [1.82, 2.24) is 4.90 Å². The molecule has 0 radical (unpaired) electrons. The Bertz CT molecular complexity index is 428. The van der Waals surface area contributed by atoms with Crippen LogP contribution in [0, 0.1) is 11.7 Å². The van der Waals surface area contributed by atoms with E-state index in [-0.39, 0.29) is 11.8 Å². The monoisotopic (exact) mass is 250 g/mol. The Labute approximate surface area is 107 Å². The molecule has 4 heteroatoms. The number of urea groups is 1. The normalized spacial score (nSPS) is 16.7. The fourth-order valence-corrected chi connectivity index (χ4v) is 2.21. The van der Waals surface area contributed by atoms with E-state index in [0.717, 1.165) is 25.9 Å². The van der Waals surface area contributed by atoms with Crippen molar-refractivity contribution in [2.24, 2.45) is 5.92 Å². The number of hydrogen-bond donors (Lipinski definition) is 0. The van der Waals surface area contributed by atoms with Crippen molar-refractivity contribution in [3.63, 3.8) is 0 Å². The highest BCUT2D eigenvalue weighted by atomic mass is 19.1. The predicted octanol–water partition coefficient (Wildman–Crippen LogP) is 3.11. The lowest BCUT2D eigenvalue weighted by Crippen LogP contribution is -2.45. The van der Waals surface area contributed by atoms with E-state index in [1.807, 2.05) is 4.90 Å². The average molecular weight is 250 g/mol. The lowest BCUT2D eigenvalue weighted by molar-refractivity contribution is 0.181. The van der Waals surface area contributed by atoms with Gasteiger partial charge in [-0.1, -0.05) is 13.0 Å². The predicted molar refractivity (Wildman–Crippen MR) is 70.2 cm³/mol. The van der Waals surface area contributed by atoms with Gasteiger partial charge in [-0.05, 0) is 37.0 Å². The maximum atomic E-state index is 13.1. The van der Waals surface area contributed by atoms with Gasteiger partial charge in [0.05, 0.1) is 0 Å². The van der Waals surface area contributed by atoms with Gasteiger partial charge in [0.25, 0.3) is 0 Å². The van der Waals surface area contributed by atoms with E-state index in [0.29, 0.717) is 11.6 Å². The van der Waals surface area contributed by atoms with Crippen LogP contribution in [-0.4, -0.2) is 31.1 Å². The summed E-state index contributed by atoms with van der Waals surface area (Å²) in [7, 11) is 1.69. The molecule has 1 aliphatic rings. The molecule has 0 aromatic heterocycles. The van der Waals surface area contributed by atoms with E-state index < -0.39 is 0 Å². The molecule has 3 nitrogen and oxygen atoms in total. The Morgan fingerprint density at radius 2 is 2.06 bits per heavy atom. The summed E-state index contributed by atoms with van der Waals surface area (Å²) in [6, 6.07) is 6.07. The minimum atomic E-state index is -0.320. The number of nitrogens with zero attached hydrogens (tertiary/aromatic N) is 2. The molecule has 0 unspecified atom stereocenters. The average Bonchev–Trinajstić information content (AvgIpc) is 2.38. The molecule has 1 aromatic carbocycles. The summed E-state index contributed by atoms with van der Waals surface area (Å²) < 4.78 is 13.1. The van der Waals surface area contributed by atoms with Crippen LogP contribution in [0.15, 0.2) is 24.3 Å². The molecule has 2 amide bonds. The number of anilines is 1. The smallest absolute Gasteiger partial charge is 0.324 e. The van der Waals surface area contributed by atoms with E-state index in [9.17, 15) is 9.18 Å². The second-order valence-electron chi connectivity index (χ2n) is 4.99. The van der Waals surface area contributed by atoms with E-state index in [4.69, 9.17) is 0 Å². The van der Waals surface area contributed by atoms with E-state index >= 15 is 0 Å². The topological polar surface area (TPSA) is 23.6 Å². The minimum absolute atomic E-state index is 0.0486. The molecule has 1 saturated heterocycles. The highest BCUT2D eigenvalue weighted by Gasteiger charge is 2.23. The maximum Gasteiger partial charge on any atom is 0.324 e. The zero-order valence-electron chi connectivity index (χ0n) is 10.9. The largest absolute Gasteiger partial charge is 0.324 e. The fraction of sp³-hybridized carbons (Fsp3) is 0.500. The number of amides is 2. The third kappa shape index (κ3) is 2.81. The first-order valence-electron chi connectivity index (χ1n) is 6.36. The van der Waals surface area contributed by atoms with E-state index in [2.05, 4.69) is 6.92 Å². The van der Waals surface area contributed by atoms with Crippen LogP contribution >= 0.6 is 0 Å². The van der Waals surface area contributed by atoms with Crippen molar-refractivity contribution < 1.29 is 9.18 Å². The van der Waals surface area contributed by atoms with Crippen LogP contribution in [-0.2, 0) is 0 Å². The van der Waals surface area contributed by atoms with Crippen molar-refractivity contribution >= 4 is 11.7 Å². The van der Waals surface area contributed by atoms with Gasteiger partial charge in [-0.15, -0.1) is 0 Å². The van der Waals surface area contributed by atoms with Crippen molar-refractivity contribution in [2.45, 2.75) is 19.8 Å². The van der Waals surface area contributed by atoms with E-state index in [1.54, 1.807) is 19.2 Å². The Balaban J connectivity index is 2.04. The molecular formula is C14H19FN2O. The van der Waals surface area contributed by atoms with Crippen LogP contribution in [0.4, 0.5) is 14.9 Å². The van der Waals surface area contributed by atoms with Gasteiger partial charge < -0.3 is 4.90 Å². The lowest BCUT2D eigenvalue weighted by atomic mass is 9.99. The summed E-state index contributed by atoms with van der Waals surface area (Å²) in [5, 5.41) is 0. The first-order valence-corrected chi connectivity index (χ1v) is 6.36. The maximum absolute atomic E-state index is 13.1. The summed E-state index contributed by atoms with van der Waals surface area (Å²) in [6.07, 6.45) is 2.09. The van der Waals surface area contributed by atoms with Gasteiger partial charge in [-0.2, -0.15) is 0 Å². The molecule has 0 aliphatic carbocycles.